The van der Waals surface area contributed by atoms with Gasteiger partial charge in [0.25, 0.3) is 0 Å². The highest BCUT2D eigenvalue weighted by Crippen LogP contribution is 2.27. The molecular weight excluding hydrogens is 300 g/mol. The topological polar surface area (TPSA) is 26.3 Å². The summed E-state index contributed by atoms with van der Waals surface area (Å²) in [7, 11) is 0. The van der Waals surface area contributed by atoms with Crippen LogP contribution in [-0.2, 0) is 0 Å². The van der Waals surface area contributed by atoms with E-state index in [0.29, 0.717) is 0 Å². The maximum atomic E-state index is 13.3. The van der Waals surface area contributed by atoms with Gasteiger partial charge in [0.2, 0.25) is 0 Å². The van der Waals surface area contributed by atoms with Gasteiger partial charge in [-0.05, 0) is 12.1 Å². The van der Waals surface area contributed by atoms with Crippen molar-refractivity contribution in [2.24, 2.45) is 0 Å². The third-order valence-corrected chi connectivity index (χ3v) is 1.93. The molecular formula is C13H17ClF4O2. The fourth-order valence-electron chi connectivity index (χ4n) is 0.928. The normalized spacial score (nSPS) is 9.65. The summed E-state index contributed by atoms with van der Waals surface area (Å²) in [6.45, 7) is 6.36. The van der Waals surface area contributed by atoms with Crippen molar-refractivity contribution >= 4 is 17.9 Å². The molecule has 0 atom stereocenters. The van der Waals surface area contributed by atoms with E-state index in [1.54, 1.807) is 0 Å². The van der Waals surface area contributed by atoms with Gasteiger partial charge in [-0.1, -0.05) is 39.3 Å². The number of alkyl halides is 3. The van der Waals surface area contributed by atoms with Crippen LogP contribution in [0.2, 0.25) is 5.02 Å². The van der Waals surface area contributed by atoms with Gasteiger partial charge in [0.15, 0.2) is 24.5 Å². The van der Waals surface area contributed by atoms with Crippen molar-refractivity contribution < 1.29 is 27.1 Å². The SMILES string of the molecule is CC.CC.O=Cc1c(Cl)ccc(OCC(F)(F)F)c1F. The summed E-state index contributed by atoms with van der Waals surface area (Å²) in [5.41, 5.74) is -0.527. The first-order chi connectivity index (χ1) is 9.35. The van der Waals surface area contributed by atoms with Crippen LogP contribution in [0.1, 0.15) is 38.1 Å². The third kappa shape index (κ3) is 7.33. The summed E-state index contributed by atoms with van der Waals surface area (Å²) in [5.74, 6) is -1.87. The van der Waals surface area contributed by atoms with Crippen molar-refractivity contribution in [3.63, 3.8) is 0 Å². The predicted molar refractivity (Wildman–Crippen MR) is 71.0 cm³/mol. The minimum absolute atomic E-state index is 0.109. The van der Waals surface area contributed by atoms with Gasteiger partial charge >= 0.3 is 6.18 Å². The molecule has 1 aromatic rings. The first-order valence-corrected chi connectivity index (χ1v) is 6.35. The van der Waals surface area contributed by atoms with Gasteiger partial charge < -0.3 is 4.74 Å². The molecule has 0 N–H and O–H groups in total. The summed E-state index contributed by atoms with van der Waals surface area (Å²) in [6.07, 6.45) is -4.47. The number of halogens is 5. The number of rotatable bonds is 3. The van der Waals surface area contributed by atoms with Crippen LogP contribution in [0.25, 0.3) is 0 Å². The van der Waals surface area contributed by atoms with E-state index < -0.39 is 29.9 Å². The average Bonchev–Trinajstić information content (AvgIpc) is 2.42. The Bertz CT molecular complexity index is 406. The molecule has 0 saturated heterocycles. The number of hydrogen-bond acceptors (Lipinski definition) is 2. The lowest BCUT2D eigenvalue weighted by molar-refractivity contribution is -0.153. The van der Waals surface area contributed by atoms with E-state index >= 15 is 0 Å². The molecule has 1 rings (SSSR count). The molecule has 0 unspecified atom stereocenters. The Morgan fingerprint density at radius 1 is 1.20 bits per heavy atom. The van der Waals surface area contributed by atoms with Crippen molar-refractivity contribution in [3.05, 3.63) is 28.5 Å². The average molecular weight is 317 g/mol. The van der Waals surface area contributed by atoms with Crippen molar-refractivity contribution in [1.82, 2.24) is 0 Å². The van der Waals surface area contributed by atoms with Gasteiger partial charge in [-0.2, -0.15) is 13.2 Å². The first-order valence-electron chi connectivity index (χ1n) is 5.98. The minimum Gasteiger partial charge on any atom is -0.481 e. The largest absolute Gasteiger partial charge is 0.481 e. The summed E-state index contributed by atoms with van der Waals surface area (Å²) in [5, 5.41) is -0.188. The number of benzene rings is 1. The third-order valence-electron chi connectivity index (χ3n) is 1.60. The highest BCUT2D eigenvalue weighted by Gasteiger charge is 2.29. The Kier molecular flexibility index (Phi) is 11.0. The maximum absolute atomic E-state index is 13.3. The Hall–Kier alpha value is -1.30. The van der Waals surface area contributed by atoms with E-state index in [1.165, 1.54) is 0 Å². The molecule has 7 heteroatoms. The Morgan fingerprint density at radius 3 is 2.10 bits per heavy atom. The zero-order valence-electron chi connectivity index (χ0n) is 11.6. The number of carbonyl (C=O) groups excluding carboxylic acids is 1. The summed E-state index contributed by atoms with van der Waals surface area (Å²) >= 11 is 5.44. The predicted octanol–water partition coefficient (Wildman–Crippen LogP) is 5.29. The molecule has 0 saturated carbocycles. The second kappa shape index (κ2) is 10.5. The number of carbonyl (C=O) groups is 1. The van der Waals surface area contributed by atoms with Crippen LogP contribution >= 0.6 is 11.6 Å². The second-order valence-electron chi connectivity index (χ2n) is 2.79. The fraction of sp³-hybridized carbons (Fsp3) is 0.462. The van der Waals surface area contributed by atoms with E-state index in [-0.39, 0.29) is 11.3 Å². The molecule has 116 valence electrons. The lowest BCUT2D eigenvalue weighted by atomic mass is 10.2. The summed E-state index contributed by atoms with van der Waals surface area (Å²) in [6, 6.07) is 2.01. The molecule has 0 radical (unpaired) electrons. The summed E-state index contributed by atoms with van der Waals surface area (Å²) < 4.78 is 52.9. The van der Waals surface area contributed by atoms with Crippen LogP contribution in [0.4, 0.5) is 17.6 Å². The minimum atomic E-state index is -4.58. The maximum Gasteiger partial charge on any atom is 0.422 e. The van der Waals surface area contributed by atoms with E-state index in [4.69, 9.17) is 11.6 Å². The molecule has 0 amide bonds. The van der Waals surface area contributed by atoms with Gasteiger partial charge in [0.1, 0.15) is 0 Å². The number of hydrogen-bond donors (Lipinski definition) is 0. The zero-order valence-corrected chi connectivity index (χ0v) is 12.4. The highest BCUT2D eigenvalue weighted by molar-refractivity contribution is 6.33. The van der Waals surface area contributed by atoms with Crippen molar-refractivity contribution in [2.45, 2.75) is 33.9 Å². The number of aldehydes is 1. The lowest BCUT2D eigenvalue weighted by Crippen LogP contribution is -2.19. The number of ether oxygens (including phenoxy) is 1. The van der Waals surface area contributed by atoms with Crippen LogP contribution in [-0.4, -0.2) is 19.1 Å². The molecule has 0 spiro atoms. The van der Waals surface area contributed by atoms with Crippen molar-refractivity contribution in [2.75, 3.05) is 6.61 Å². The van der Waals surface area contributed by atoms with E-state index in [2.05, 4.69) is 4.74 Å². The highest BCUT2D eigenvalue weighted by atomic mass is 35.5. The van der Waals surface area contributed by atoms with Crippen molar-refractivity contribution in [3.8, 4) is 5.75 Å². The Morgan fingerprint density at radius 2 is 1.70 bits per heavy atom. The zero-order chi connectivity index (χ0) is 16.3. The molecule has 0 aliphatic carbocycles. The van der Waals surface area contributed by atoms with Crippen molar-refractivity contribution in [1.29, 1.82) is 0 Å². The van der Waals surface area contributed by atoms with Gasteiger partial charge in [-0.25, -0.2) is 4.39 Å². The van der Waals surface area contributed by atoms with Gasteiger partial charge in [-0.15, -0.1) is 0 Å². The van der Waals surface area contributed by atoms with E-state index in [9.17, 15) is 22.4 Å². The Labute approximate surface area is 120 Å². The van der Waals surface area contributed by atoms with Gasteiger partial charge in [0.05, 0.1) is 10.6 Å². The monoisotopic (exact) mass is 316 g/mol. The molecule has 0 heterocycles. The van der Waals surface area contributed by atoms with Crippen LogP contribution in [0.3, 0.4) is 0 Å². The smallest absolute Gasteiger partial charge is 0.422 e. The molecule has 0 aromatic heterocycles. The van der Waals surface area contributed by atoms with E-state index in [0.717, 1.165) is 12.1 Å². The molecule has 0 aliphatic rings. The van der Waals surface area contributed by atoms with Gasteiger partial charge in [-0.3, -0.25) is 4.79 Å². The second-order valence-corrected chi connectivity index (χ2v) is 3.20. The van der Waals surface area contributed by atoms with Crippen LogP contribution in [0.5, 0.6) is 5.75 Å². The summed E-state index contributed by atoms with van der Waals surface area (Å²) in [4.78, 5) is 10.4. The fourth-order valence-corrected chi connectivity index (χ4v) is 1.12. The van der Waals surface area contributed by atoms with Crippen LogP contribution < -0.4 is 4.74 Å². The lowest BCUT2D eigenvalue weighted by Gasteiger charge is -2.10. The van der Waals surface area contributed by atoms with Gasteiger partial charge in [0, 0.05) is 0 Å². The molecule has 0 bridgehead atoms. The van der Waals surface area contributed by atoms with Crippen LogP contribution in [0.15, 0.2) is 12.1 Å². The Balaban J connectivity index is 0. The molecule has 20 heavy (non-hydrogen) atoms. The molecule has 0 fully saturated rings. The van der Waals surface area contributed by atoms with Crippen LogP contribution in [0, 0.1) is 5.82 Å². The molecule has 0 aliphatic heterocycles. The quantitative estimate of drug-likeness (QED) is 0.560. The molecule has 1 aromatic carbocycles. The first kappa shape index (κ1) is 21.0. The van der Waals surface area contributed by atoms with E-state index in [1.807, 2.05) is 27.7 Å². The molecule has 2 nitrogen and oxygen atoms in total. The standard InChI is InChI=1S/C9H5ClF4O2.2C2H6/c10-6-1-2-7(8(11)5(6)3-15)16-4-9(12,13)14;2*1-2/h1-3H,4H2;2*1-2H3.